The lowest BCUT2D eigenvalue weighted by Gasteiger charge is -2.03. The molecule has 0 aliphatic heterocycles. The third kappa shape index (κ3) is 6.06. The molecule has 0 fully saturated rings. The molecule has 0 atom stereocenters. The molecule has 6 heteroatoms. The Kier molecular flexibility index (Phi) is 5.66. The molecule has 0 aromatic heterocycles. The minimum atomic E-state index is 0.201. The molecule has 0 aromatic rings. The number of hydrogen-bond acceptors (Lipinski definition) is 4. The van der Waals surface area contributed by atoms with E-state index in [0.717, 1.165) is 11.9 Å². The Bertz CT molecular complexity index is 138. The molecule has 58 valence electrons. The van der Waals surface area contributed by atoms with Gasteiger partial charge in [-0.05, 0) is 31.4 Å². The first kappa shape index (κ1) is 9.93. The lowest BCUT2D eigenvalue weighted by atomic mass is 10.9. The van der Waals surface area contributed by atoms with Crippen LogP contribution >= 0.6 is 36.4 Å². The van der Waals surface area contributed by atoms with Crippen LogP contribution in [0.15, 0.2) is 0 Å². The van der Waals surface area contributed by atoms with Crippen molar-refractivity contribution in [3.05, 3.63) is 0 Å². The van der Waals surface area contributed by atoms with Crippen LogP contribution in [-0.4, -0.2) is 16.1 Å². The molecule has 0 unspecified atom stereocenters. The fraction of sp³-hybridized carbons (Fsp3) is 0.500. The van der Waals surface area contributed by atoms with E-state index in [1.165, 1.54) is 0 Å². The lowest BCUT2D eigenvalue weighted by Crippen LogP contribution is -2.24. The molecule has 0 saturated carbocycles. The van der Waals surface area contributed by atoms with E-state index in [1.54, 1.807) is 0 Å². The summed E-state index contributed by atoms with van der Waals surface area (Å²) in [6, 6.07) is 0. The topological polar surface area (TPSA) is 47.3 Å². The Morgan fingerprint density at radius 1 is 1.70 bits per heavy atom. The van der Waals surface area contributed by atoms with Gasteiger partial charge in [0, 0.05) is 11.9 Å². The summed E-state index contributed by atoms with van der Waals surface area (Å²) in [5.41, 5.74) is 5.12. The number of rotatable bonds is 1. The van der Waals surface area contributed by atoms with Crippen LogP contribution in [0.3, 0.4) is 0 Å². The summed E-state index contributed by atoms with van der Waals surface area (Å²) >= 11 is 10.4. The van der Waals surface area contributed by atoms with Crippen molar-refractivity contribution in [2.24, 2.45) is 5.73 Å². The molecule has 3 N–H and O–H groups in total. The molecule has 0 amide bonds. The third-order valence-corrected chi connectivity index (χ3v) is 1.70. The van der Waals surface area contributed by atoms with Crippen molar-refractivity contribution in [1.82, 2.24) is 4.72 Å². The second-order valence-corrected chi connectivity index (χ2v) is 3.10. The van der Waals surface area contributed by atoms with Gasteiger partial charge in [0.05, 0.1) is 6.61 Å². The van der Waals surface area contributed by atoms with Crippen LogP contribution in [0.4, 0.5) is 0 Å². The van der Waals surface area contributed by atoms with Crippen LogP contribution in [0.2, 0.25) is 0 Å². The monoisotopic (exact) mass is 196 g/mol. The van der Waals surface area contributed by atoms with Crippen LogP contribution in [0, 0.1) is 0 Å². The van der Waals surface area contributed by atoms with Crippen molar-refractivity contribution >= 4 is 45.9 Å². The van der Waals surface area contributed by atoms with Gasteiger partial charge in [-0.15, -0.1) is 0 Å². The van der Waals surface area contributed by atoms with E-state index in [9.17, 15) is 0 Å². The van der Waals surface area contributed by atoms with E-state index in [0.29, 0.717) is 11.0 Å². The van der Waals surface area contributed by atoms with Crippen molar-refractivity contribution < 1.29 is 4.74 Å². The smallest absolute Gasteiger partial charge is 0.240 e. The number of thiocarbonyl (C=S) groups is 2. The minimum Gasteiger partial charge on any atom is -0.478 e. The molecule has 0 radical (unpaired) electrons. The van der Waals surface area contributed by atoms with Gasteiger partial charge < -0.3 is 10.5 Å². The highest BCUT2D eigenvalue weighted by atomic mass is 32.2. The first-order chi connectivity index (χ1) is 4.66. The first-order valence-electron chi connectivity index (χ1n) is 2.56. The SMILES string of the molecule is CCOC(=S)SNC(N)=S. The Balaban J connectivity index is 3.30. The predicted octanol–water partition coefficient (Wildman–Crippen LogP) is 0.789. The number of nitrogens with two attached hydrogens (primary N) is 1. The molecular weight excluding hydrogens is 188 g/mol. The molecule has 0 bridgehead atoms. The van der Waals surface area contributed by atoms with Gasteiger partial charge in [-0.2, -0.15) is 0 Å². The summed E-state index contributed by atoms with van der Waals surface area (Å²) in [5, 5.41) is 0.201. The highest BCUT2D eigenvalue weighted by Gasteiger charge is 1.95. The van der Waals surface area contributed by atoms with Gasteiger partial charge in [-0.1, -0.05) is 0 Å². The summed E-state index contributed by atoms with van der Waals surface area (Å²) in [5.74, 6) is 0. The Hall–Kier alpha value is -0.0700. The average Bonchev–Trinajstić information content (AvgIpc) is 1.85. The molecule has 0 aliphatic rings. The highest BCUT2D eigenvalue weighted by Crippen LogP contribution is 1.98. The maximum atomic E-state index is 5.12. The van der Waals surface area contributed by atoms with E-state index in [-0.39, 0.29) is 5.11 Å². The van der Waals surface area contributed by atoms with E-state index in [2.05, 4.69) is 16.9 Å². The molecule has 0 saturated heterocycles. The van der Waals surface area contributed by atoms with Gasteiger partial charge in [0.25, 0.3) is 0 Å². The van der Waals surface area contributed by atoms with Crippen molar-refractivity contribution in [2.75, 3.05) is 6.61 Å². The molecule has 0 rings (SSSR count). The van der Waals surface area contributed by atoms with Crippen molar-refractivity contribution in [2.45, 2.75) is 6.92 Å². The molecule has 0 spiro atoms. The minimum absolute atomic E-state index is 0.201. The summed E-state index contributed by atoms with van der Waals surface area (Å²) in [7, 11) is 0. The summed E-state index contributed by atoms with van der Waals surface area (Å²) < 4.78 is 7.90. The summed E-state index contributed by atoms with van der Waals surface area (Å²) in [6.07, 6.45) is 0. The zero-order chi connectivity index (χ0) is 7.98. The normalized spacial score (nSPS) is 8.50. The lowest BCUT2D eigenvalue weighted by molar-refractivity contribution is 0.346. The van der Waals surface area contributed by atoms with E-state index in [1.807, 2.05) is 6.92 Å². The Labute approximate surface area is 74.8 Å². The summed E-state index contributed by atoms with van der Waals surface area (Å²) in [6.45, 7) is 2.42. The first-order valence-corrected chi connectivity index (χ1v) is 4.19. The molecular formula is C4H8N2OS3. The number of ether oxygens (including phenoxy) is 1. The van der Waals surface area contributed by atoms with E-state index in [4.69, 9.17) is 22.7 Å². The van der Waals surface area contributed by atoms with Crippen molar-refractivity contribution in [1.29, 1.82) is 0 Å². The van der Waals surface area contributed by atoms with Crippen molar-refractivity contribution in [3.63, 3.8) is 0 Å². The maximum absolute atomic E-state index is 5.12. The van der Waals surface area contributed by atoms with E-state index < -0.39 is 0 Å². The van der Waals surface area contributed by atoms with Gasteiger partial charge in [0.15, 0.2) is 5.11 Å². The van der Waals surface area contributed by atoms with Gasteiger partial charge in [-0.25, -0.2) is 0 Å². The van der Waals surface area contributed by atoms with Crippen LogP contribution < -0.4 is 10.5 Å². The second-order valence-electron chi connectivity index (χ2n) is 1.25. The highest BCUT2D eigenvalue weighted by molar-refractivity contribution is 8.21. The van der Waals surface area contributed by atoms with E-state index >= 15 is 0 Å². The van der Waals surface area contributed by atoms with Crippen LogP contribution in [-0.2, 0) is 4.74 Å². The van der Waals surface area contributed by atoms with Crippen LogP contribution in [0.1, 0.15) is 6.92 Å². The number of hydrogen-bond donors (Lipinski definition) is 2. The summed E-state index contributed by atoms with van der Waals surface area (Å²) in [4.78, 5) is 0. The number of nitrogens with one attached hydrogen (secondary N) is 1. The molecule has 0 aliphatic carbocycles. The predicted molar refractivity (Wildman–Crippen MR) is 51.7 cm³/mol. The molecule has 3 nitrogen and oxygen atoms in total. The maximum Gasteiger partial charge on any atom is 0.240 e. The molecule has 10 heavy (non-hydrogen) atoms. The van der Waals surface area contributed by atoms with Gasteiger partial charge >= 0.3 is 0 Å². The van der Waals surface area contributed by atoms with Crippen molar-refractivity contribution in [3.8, 4) is 0 Å². The third-order valence-electron chi connectivity index (χ3n) is 0.497. The zero-order valence-corrected chi connectivity index (χ0v) is 7.87. The molecule has 0 heterocycles. The van der Waals surface area contributed by atoms with Gasteiger partial charge in [0.1, 0.15) is 0 Å². The molecule has 0 aromatic carbocycles. The van der Waals surface area contributed by atoms with Crippen LogP contribution in [0.25, 0.3) is 0 Å². The fourth-order valence-corrected chi connectivity index (χ4v) is 0.968. The Morgan fingerprint density at radius 2 is 2.30 bits per heavy atom. The quantitative estimate of drug-likeness (QED) is 0.477. The largest absolute Gasteiger partial charge is 0.478 e. The van der Waals surface area contributed by atoms with Gasteiger partial charge in [0.2, 0.25) is 4.38 Å². The average molecular weight is 196 g/mol. The second kappa shape index (κ2) is 5.70. The van der Waals surface area contributed by atoms with Gasteiger partial charge in [-0.3, -0.25) is 4.72 Å². The van der Waals surface area contributed by atoms with Crippen LogP contribution in [0.5, 0.6) is 0 Å². The zero-order valence-electron chi connectivity index (χ0n) is 5.42. The Morgan fingerprint density at radius 3 is 2.70 bits per heavy atom. The standard InChI is InChI=1S/C4H8N2OS3/c1-2-7-4(9)10-6-3(5)8/h2H2,1H3,(H3,5,6,8). The fourth-order valence-electron chi connectivity index (χ4n) is 0.239.